The zero-order valence-electron chi connectivity index (χ0n) is 12.4. The molecule has 0 saturated heterocycles. The molecule has 0 aliphatic carbocycles. The number of hydrogen-bond acceptors (Lipinski definition) is 2. The quantitative estimate of drug-likeness (QED) is 0.711. The van der Waals surface area contributed by atoms with Crippen molar-refractivity contribution in [3.05, 3.63) is 36.0 Å². The van der Waals surface area contributed by atoms with Crippen LogP contribution in [0, 0.1) is 5.92 Å². The maximum Gasteiger partial charge on any atom is 0.267 e. The molecular weight excluding hydrogens is 266 g/mol. The van der Waals surface area contributed by atoms with Crippen LogP contribution < -0.4 is 10.6 Å². The Morgan fingerprint density at radius 3 is 2.57 bits per heavy atom. The van der Waals surface area contributed by atoms with Gasteiger partial charge in [-0.3, -0.25) is 9.59 Å². The molecule has 0 unspecified atom stereocenters. The normalized spacial score (nSPS) is 10.8. The standard InChI is InChI=1S/C16H21N3O2/c1-11(2)15(20)17-8-5-9-18-16(21)14-10-12-6-3-4-7-13(12)19-14/h3-4,6-7,10-11,19H,5,8-9H2,1-2H3,(H,17,20)(H,18,21). The predicted octanol–water partition coefficient (Wildman–Crippen LogP) is 2.06. The number of rotatable bonds is 6. The Hall–Kier alpha value is -2.30. The number of benzene rings is 1. The van der Waals surface area contributed by atoms with Crippen LogP contribution in [0.4, 0.5) is 0 Å². The minimum Gasteiger partial charge on any atom is -0.356 e. The molecule has 1 aromatic carbocycles. The molecule has 0 saturated carbocycles. The van der Waals surface area contributed by atoms with E-state index >= 15 is 0 Å². The third-order valence-corrected chi connectivity index (χ3v) is 3.24. The topological polar surface area (TPSA) is 74.0 Å². The first-order valence-corrected chi connectivity index (χ1v) is 7.21. The van der Waals surface area contributed by atoms with E-state index in [1.807, 2.05) is 44.2 Å². The van der Waals surface area contributed by atoms with Crippen LogP contribution in [0.2, 0.25) is 0 Å². The highest BCUT2D eigenvalue weighted by Crippen LogP contribution is 2.14. The molecule has 112 valence electrons. The number of carbonyl (C=O) groups is 2. The second kappa shape index (κ2) is 6.92. The van der Waals surface area contributed by atoms with Gasteiger partial charge in [0.25, 0.3) is 5.91 Å². The van der Waals surface area contributed by atoms with Crippen molar-refractivity contribution in [1.29, 1.82) is 0 Å². The van der Waals surface area contributed by atoms with Crippen molar-refractivity contribution in [1.82, 2.24) is 15.6 Å². The molecule has 5 nitrogen and oxygen atoms in total. The average Bonchev–Trinajstić information content (AvgIpc) is 2.90. The summed E-state index contributed by atoms with van der Waals surface area (Å²) < 4.78 is 0. The second-order valence-corrected chi connectivity index (χ2v) is 5.33. The van der Waals surface area contributed by atoms with E-state index < -0.39 is 0 Å². The first-order valence-electron chi connectivity index (χ1n) is 7.21. The molecule has 2 aromatic rings. The van der Waals surface area contributed by atoms with E-state index in [-0.39, 0.29) is 17.7 Å². The summed E-state index contributed by atoms with van der Waals surface area (Å²) in [5, 5.41) is 6.68. The van der Waals surface area contributed by atoms with Crippen molar-refractivity contribution in [2.45, 2.75) is 20.3 Å². The van der Waals surface area contributed by atoms with E-state index in [9.17, 15) is 9.59 Å². The average molecular weight is 287 g/mol. The van der Waals surface area contributed by atoms with Gasteiger partial charge in [-0.15, -0.1) is 0 Å². The molecule has 0 aliphatic rings. The molecule has 0 bridgehead atoms. The van der Waals surface area contributed by atoms with E-state index in [2.05, 4.69) is 15.6 Å². The van der Waals surface area contributed by atoms with E-state index in [1.54, 1.807) is 0 Å². The van der Waals surface area contributed by atoms with Crippen molar-refractivity contribution < 1.29 is 9.59 Å². The van der Waals surface area contributed by atoms with Gasteiger partial charge in [-0.25, -0.2) is 0 Å². The fourth-order valence-electron chi connectivity index (χ4n) is 2.00. The molecule has 5 heteroatoms. The number of carbonyl (C=O) groups excluding carboxylic acids is 2. The fraction of sp³-hybridized carbons (Fsp3) is 0.375. The van der Waals surface area contributed by atoms with Gasteiger partial charge in [0.1, 0.15) is 5.69 Å². The van der Waals surface area contributed by atoms with Crippen LogP contribution >= 0.6 is 0 Å². The lowest BCUT2D eigenvalue weighted by Crippen LogP contribution is -2.32. The fourth-order valence-corrected chi connectivity index (χ4v) is 2.00. The summed E-state index contributed by atoms with van der Waals surface area (Å²) in [5.41, 5.74) is 1.51. The van der Waals surface area contributed by atoms with Gasteiger partial charge < -0.3 is 15.6 Å². The summed E-state index contributed by atoms with van der Waals surface area (Å²) in [7, 11) is 0. The Labute approximate surface area is 124 Å². The molecule has 0 atom stereocenters. The van der Waals surface area contributed by atoms with Crippen molar-refractivity contribution >= 4 is 22.7 Å². The van der Waals surface area contributed by atoms with Gasteiger partial charge in [0.2, 0.25) is 5.91 Å². The van der Waals surface area contributed by atoms with Gasteiger partial charge in [-0.05, 0) is 18.6 Å². The largest absolute Gasteiger partial charge is 0.356 e. The smallest absolute Gasteiger partial charge is 0.267 e. The third-order valence-electron chi connectivity index (χ3n) is 3.24. The summed E-state index contributed by atoms with van der Waals surface area (Å²) in [5.74, 6) is -0.0933. The van der Waals surface area contributed by atoms with Gasteiger partial charge in [0.15, 0.2) is 0 Å². The zero-order chi connectivity index (χ0) is 15.2. The van der Waals surface area contributed by atoms with Crippen LogP contribution in [0.25, 0.3) is 10.9 Å². The summed E-state index contributed by atoms with van der Waals surface area (Å²) in [6.07, 6.45) is 0.713. The van der Waals surface area contributed by atoms with E-state index in [0.717, 1.165) is 10.9 Å². The number of nitrogens with one attached hydrogen (secondary N) is 3. The first kappa shape index (κ1) is 15.1. The summed E-state index contributed by atoms with van der Waals surface area (Å²) in [6.45, 7) is 4.82. The lowest BCUT2D eigenvalue weighted by atomic mass is 10.2. The Kier molecular flexibility index (Phi) is 4.98. The molecule has 2 rings (SSSR count). The van der Waals surface area contributed by atoms with Gasteiger partial charge in [-0.2, -0.15) is 0 Å². The number of amides is 2. The molecule has 0 radical (unpaired) electrons. The van der Waals surface area contributed by atoms with Crippen LogP contribution in [0.1, 0.15) is 30.8 Å². The minimum absolute atomic E-state index is 0.00839. The number of aromatic amines is 1. The van der Waals surface area contributed by atoms with Crippen LogP contribution in [0.3, 0.4) is 0 Å². The van der Waals surface area contributed by atoms with Gasteiger partial charge in [0, 0.05) is 29.9 Å². The van der Waals surface area contributed by atoms with Crippen molar-refractivity contribution in [3.63, 3.8) is 0 Å². The molecule has 0 aliphatic heterocycles. The molecule has 0 spiro atoms. The summed E-state index contributed by atoms with van der Waals surface area (Å²) in [4.78, 5) is 26.4. The van der Waals surface area contributed by atoms with Crippen LogP contribution in [-0.4, -0.2) is 29.9 Å². The van der Waals surface area contributed by atoms with E-state index in [0.29, 0.717) is 25.2 Å². The second-order valence-electron chi connectivity index (χ2n) is 5.33. The lowest BCUT2D eigenvalue weighted by molar-refractivity contribution is -0.123. The van der Waals surface area contributed by atoms with Crippen molar-refractivity contribution in [2.75, 3.05) is 13.1 Å². The monoisotopic (exact) mass is 287 g/mol. The number of para-hydroxylation sites is 1. The molecule has 2 amide bonds. The van der Waals surface area contributed by atoms with E-state index in [4.69, 9.17) is 0 Å². The highest BCUT2D eigenvalue weighted by molar-refractivity contribution is 5.97. The lowest BCUT2D eigenvalue weighted by Gasteiger charge is -2.07. The van der Waals surface area contributed by atoms with Crippen LogP contribution in [-0.2, 0) is 4.79 Å². The SMILES string of the molecule is CC(C)C(=O)NCCCNC(=O)c1cc2ccccc2[nH]1. The molecule has 21 heavy (non-hydrogen) atoms. The van der Waals surface area contributed by atoms with Crippen molar-refractivity contribution in [2.24, 2.45) is 5.92 Å². The third kappa shape index (κ3) is 4.08. The Bertz CT molecular complexity index is 598. The minimum atomic E-state index is -0.124. The summed E-state index contributed by atoms with van der Waals surface area (Å²) in [6, 6.07) is 9.61. The van der Waals surface area contributed by atoms with Crippen LogP contribution in [0.15, 0.2) is 30.3 Å². The van der Waals surface area contributed by atoms with Gasteiger partial charge in [-0.1, -0.05) is 32.0 Å². The summed E-state index contributed by atoms with van der Waals surface area (Å²) >= 11 is 0. The zero-order valence-corrected chi connectivity index (χ0v) is 12.4. The predicted molar refractivity (Wildman–Crippen MR) is 83.1 cm³/mol. The maximum atomic E-state index is 12.0. The van der Waals surface area contributed by atoms with Gasteiger partial charge >= 0.3 is 0 Å². The highest BCUT2D eigenvalue weighted by Gasteiger charge is 2.09. The van der Waals surface area contributed by atoms with E-state index in [1.165, 1.54) is 0 Å². The molecule has 0 fully saturated rings. The Morgan fingerprint density at radius 2 is 1.86 bits per heavy atom. The first-order chi connectivity index (χ1) is 10.1. The number of H-pyrrole nitrogens is 1. The van der Waals surface area contributed by atoms with Crippen molar-refractivity contribution in [3.8, 4) is 0 Å². The van der Waals surface area contributed by atoms with Gasteiger partial charge in [0.05, 0.1) is 0 Å². The molecule has 3 N–H and O–H groups in total. The maximum absolute atomic E-state index is 12.0. The van der Waals surface area contributed by atoms with Crippen LogP contribution in [0.5, 0.6) is 0 Å². The molecule has 1 heterocycles. The number of fused-ring (bicyclic) bond motifs is 1. The highest BCUT2D eigenvalue weighted by atomic mass is 16.2. The Morgan fingerprint density at radius 1 is 1.14 bits per heavy atom. The number of aromatic nitrogens is 1. The Balaban J connectivity index is 1.76. The molecular formula is C16H21N3O2. The molecule has 1 aromatic heterocycles. The number of hydrogen-bond donors (Lipinski definition) is 3.